The highest BCUT2D eigenvalue weighted by atomic mass is 32.2. The van der Waals surface area contributed by atoms with Crippen molar-refractivity contribution in [1.82, 2.24) is 0 Å². The second-order valence-corrected chi connectivity index (χ2v) is 10.2. The number of rotatable bonds is 4. The summed E-state index contributed by atoms with van der Waals surface area (Å²) in [7, 11) is -6.84. The van der Waals surface area contributed by atoms with Crippen LogP contribution in [-0.4, -0.2) is 44.7 Å². The quantitative estimate of drug-likeness (QED) is 0.836. The SMILES string of the molecule is Cc1cc(NS(=O)(=O)C2CCS(=O)(=O)CC2)sc1C(=O)O. The summed E-state index contributed by atoms with van der Waals surface area (Å²) in [4.78, 5) is 11.0. The second-order valence-electron chi connectivity index (χ2n) is 4.93. The Morgan fingerprint density at radius 2 is 1.95 bits per heavy atom. The van der Waals surface area contributed by atoms with Crippen LogP contribution in [0.4, 0.5) is 5.00 Å². The van der Waals surface area contributed by atoms with Gasteiger partial charge in [-0.25, -0.2) is 21.6 Å². The molecule has 0 aromatic carbocycles. The van der Waals surface area contributed by atoms with E-state index >= 15 is 0 Å². The topological polar surface area (TPSA) is 118 Å². The van der Waals surface area contributed by atoms with Crippen LogP contribution in [0.5, 0.6) is 0 Å². The molecule has 0 radical (unpaired) electrons. The number of aromatic carboxylic acids is 1. The van der Waals surface area contributed by atoms with Gasteiger partial charge in [-0.1, -0.05) is 0 Å². The monoisotopic (exact) mass is 353 g/mol. The van der Waals surface area contributed by atoms with Crippen molar-refractivity contribution in [2.24, 2.45) is 0 Å². The first-order chi connectivity index (χ1) is 9.61. The Morgan fingerprint density at radius 3 is 2.43 bits per heavy atom. The van der Waals surface area contributed by atoms with Crippen LogP contribution < -0.4 is 4.72 Å². The van der Waals surface area contributed by atoms with E-state index in [1.807, 2.05) is 0 Å². The highest BCUT2D eigenvalue weighted by Crippen LogP contribution is 2.29. The molecule has 0 aliphatic carbocycles. The van der Waals surface area contributed by atoms with Gasteiger partial charge in [-0.3, -0.25) is 4.72 Å². The summed E-state index contributed by atoms with van der Waals surface area (Å²) in [5, 5.41) is 8.42. The molecule has 2 heterocycles. The molecule has 1 aromatic heterocycles. The minimum Gasteiger partial charge on any atom is -0.477 e. The highest BCUT2D eigenvalue weighted by Gasteiger charge is 2.33. The molecule has 0 amide bonds. The molecule has 21 heavy (non-hydrogen) atoms. The van der Waals surface area contributed by atoms with Crippen molar-refractivity contribution >= 4 is 42.2 Å². The average molecular weight is 353 g/mol. The Balaban J connectivity index is 2.15. The highest BCUT2D eigenvalue weighted by molar-refractivity contribution is 7.94. The van der Waals surface area contributed by atoms with Gasteiger partial charge in [-0.05, 0) is 31.4 Å². The second kappa shape index (κ2) is 5.58. The van der Waals surface area contributed by atoms with E-state index in [0.717, 1.165) is 11.3 Å². The van der Waals surface area contributed by atoms with Crippen LogP contribution in [0, 0.1) is 6.92 Å². The first kappa shape index (κ1) is 16.2. The number of aryl methyl sites for hydroxylation is 1. The lowest BCUT2D eigenvalue weighted by Crippen LogP contribution is -2.35. The van der Waals surface area contributed by atoms with E-state index in [0.29, 0.717) is 5.56 Å². The zero-order valence-corrected chi connectivity index (χ0v) is 13.6. The molecule has 1 aromatic rings. The largest absolute Gasteiger partial charge is 0.477 e. The molecule has 118 valence electrons. The molecule has 1 saturated heterocycles. The number of hydrogen-bond acceptors (Lipinski definition) is 6. The Labute approximate surface area is 127 Å². The fourth-order valence-corrected chi connectivity index (χ4v) is 6.58. The fourth-order valence-electron chi connectivity index (χ4n) is 2.15. The van der Waals surface area contributed by atoms with Crippen molar-refractivity contribution in [3.05, 3.63) is 16.5 Å². The van der Waals surface area contributed by atoms with Crippen LogP contribution >= 0.6 is 11.3 Å². The third-order valence-electron chi connectivity index (χ3n) is 3.30. The number of hydrogen-bond donors (Lipinski definition) is 2. The lowest BCUT2D eigenvalue weighted by molar-refractivity contribution is 0.0701. The summed E-state index contributed by atoms with van der Waals surface area (Å²) in [6.07, 6.45) is 0.127. The first-order valence-corrected chi connectivity index (χ1v) is 10.3. The van der Waals surface area contributed by atoms with Gasteiger partial charge in [0.2, 0.25) is 10.0 Å². The Kier molecular flexibility index (Phi) is 4.31. The first-order valence-electron chi connectivity index (χ1n) is 6.16. The summed E-state index contributed by atoms with van der Waals surface area (Å²) in [5.41, 5.74) is 0.483. The minimum absolute atomic E-state index is 0.0633. The van der Waals surface area contributed by atoms with Gasteiger partial charge in [0.1, 0.15) is 19.7 Å². The van der Waals surface area contributed by atoms with Crippen molar-refractivity contribution in [2.75, 3.05) is 16.2 Å². The van der Waals surface area contributed by atoms with Crippen molar-refractivity contribution in [3.63, 3.8) is 0 Å². The fraction of sp³-hybridized carbons (Fsp3) is 0.545. The molecular formula is C11H15NO6S3. The summed E-state index contributed by atoms with van der Waals surface area (Å²) in [5.74, 6) is -1.38. The molecule has 1 fully saturated rings. The molecule has 0 spiro atoms. The molecule has 0 bridgehead atoms. The molecule has 1 aliphatic heterocycles. The molecular weight excluding hydrogens is 338 g/mol. The van der Waals surface area contributed by atoms with Crippen molar-refractivity contribution < 1.29 is 26.7 Å². The van der Waals surface area contributed by atoms with E-state index in [4.69, 9.17) is 5.11 Å². The maximum atomic E-state index is 12.2. The van der Waals surface area contributed by atoms with E-state index in [2.05, 4.69) is 4.72 Å². The molecule has 2 N–H and O–H groups in total. The van der Waals surface area contributed by atoms with Crippen molar-refractivity contribution in [3.8, 4) is 0 Å². The zero-order chi connectivity index (χ0) is 15.8. The summed E-state index contributed by atoms with van der Waals surface area (Å²) < 4.78 is 49.4. The van der Waals surface area contributed by atoms with Gasteiger partial charge < -0.3 is 5.11 Å². The third-order valence-corrected chi connectivity index (χ3v) is 8.13. The van der Waals surface area contributed by atoms with Crippen LogP contribution in [0.3, 0.4) is 0 Å². The minimum atomic E-state index is -3.71. The van der Waals surface area contributed by atoms with E-state index in [1.165, 1.54) is 6.07 Å². The van der Waals surface area contributed by atoms with Gasteiger partial charge >= 0.3 is 5.97 Å². The third kappa shape index (κ3) is 3.74. The van der Waals surface area contributed by atoms with Crippen LogP contribution in [0.25, 0.3) is 0 Å². The molecule has 1 aliphatic rings. The predicted octanol–water partition coefficient (Wildman–Crippen LogP) is 1.07. The van der Waals surface area contributed by atoms with Crippen LogP contribution in [0.15, 0.2) is 6.07 Å². The number of carboxylic acids is 1. The van der Waals surface area contributed by atoms with Gasteiger partial charge in [-0.15, -0.1) is 11.3 Å². The van der Waals surface area contributed by atoms with Gasteiger partial charge in [0, 0.05) is 0 Å². The number of sulfonamides is 1. The van der Waals surface area contributed by atoms with Gasteiger partial charge in [-0.2, -0.15) is 0 Å². The average Bonchev–Trinajstić information content (AvgIpc) is 2.68. The maximum Gasteiger partial charge on any atom is 0.346 e. The molecule has 2 rings (SSSR count). The number of carbonyl (C=O) groups is 1. The maximum absolute atomic E-state index is 12.2. The van der Waals surface area contributed by atoms with E-state index < -0.39 is 31.1 Å². The van der Waals surface area contributed by atoms with E-state index in [9.17, 15) is 21.6 Å². The Bertz CT molecular complexity index is 748. The number of carboxylic acid groups (broad SMARTS) is 1. The van der Waals surface area contributed by atoms with Crippen LogP contribution in [0.1, 0.15) is 28.1 Å². The van der Waals surface area contributed by atoms with Crippen molar-refractivity contribution in [1.29, 1.82) is 0 Å². The Hall–Kier alpha value is -1.13. The van der Waals surface area contributed by atoms with Crippen LogP contribution in [0.2, 0.25) is 0 Å². The molecule has 0 unspecified atom stereocenters. The lowest BCUT2D eigenvalue weighted by Gasteiger charge is -2.22. The number of anilines is 1. The van der Waals surface area contributed by atoms with Gasteiger partial charge in [0.05, 0.1) is 16.8 Å². The predicted molar refractivity (Wildman–Crippen MR) is 80.2 cm³/mol. The van der Waals surface area contributed by atoms with Gasteiger partial charge in [0.15, 0.2) is 0 Å². The molecule has 0 atom stereocenters. The number of thiophene rings is 1. The molecule has 10 heteroatoms. The number of sulfone groups is 1. The smallest absolute Gasteiger partial charge is 0.346 e. The lowest BCUT2D eigenvalue weighted by atomic mass is 10.2. The molecule has 0 saturated carbocycles. The standard InChI is InChI=1S/C11H15NO6S3/c1-7-6-9(19-10(7)11(13)14)12-21(17,18)8-2-4-20(15,16)5-3-8/h6,8,12H,2-5H2,1H3,(H,13,14). The summed E-state index contributed by atoms with van der Waals surface area (Å²) in [6, 6.07) is 1.46. The number of nitrogens with one attached hydrogen (secondary N) is 1. The van der Waals surface area contributed by atoms with E-state index in [1.54, 1.807) is 6.92 Å². The Morgan fingerprint density at radius 1 is 1.38 bits per heavy atom. The van der Waals surface area contributed by atoms with Gasteiger partial charge in [0.25, 0.3) is 0 Å². The summed E-state index contributed by atoms with van der Waals surface area (Å²) in [6.45, 7) is 1.59. The molecule has 7 nitrogen and oxygen atoms in total. The zero-order valence-electron chi connectivity index (χ0n) is 11.2. The van der Waals surface area contributed by atoms with Crippen molar-refractivity contribution in [2.45, 2.75) is 25.0 Å². The summed E-state index contributed by atoms with van der Waals surface area (Å²) >= 11 is 0.850. The van der Waals surface area contributed by atoms with Crippen LogP contribution in [-0.2, 0) is 19.9 Å². The normalized spacial score (nSPS) is 19.3. The van der Waals surface area contributed by atoms with E-state index in [-0.39, 0.29) is 34.2 Å².